The molecular weight excluding hydrogens is 1390 g/mol. The van der Waals surface area contributed by atoms with Crippen molar-refractivity contribution in [2.75, 3.05) is 66.0 Å². The van der Waals surface area contributed by atoms with Crippen molar-refractivity contribution in [1.29, 1.82) is 0 Å². The summed E-state index contributed by atoms with van der Waals surface area (Å²) in [6.07, 6.45) is 3.19. The Labute approximate surface area is 677 Å². The summed E-state index contributed by atoms with van der Waals surface area (Å²) < 4.78 is 85.4. The van der Waals surface area contributed by atoms with Crippen LogP contribution in [0.5, 0.6) is 46.3 Å². The van der Waals surface area contributed by atoms with Gasteiger partial charge in [-0.3, -0.25) is 24.0 Å². The predicted octanol–water partition coefficient (Wildman–Crippen LogP) is 7.07. The number of phenolic OH excluding ortho intramolecular Hbond substituents is 1. The van der Waals surface area contributed by atoms with Crippen LogP contribution in [0.3, 0.4) is 0 Å². The van der Waals surface area contributed by atoms with Gasteiger partial charge < -0.3 is 50.2 Å². The molecule has 1 N–H and O–H groups in total. The molecular formula is C73H82Cl2F4K2N6O13. The third kappa shape index (κ3) is 21.7. The van der Waals surface area contributed by atoms with Crippen LogP contribution in [0.25, 0.3) is 21.8 Å². The van der Waals surface area contributed by atoms with E-state index in [9.17, 15) is 33.1 Å². The number of phenols is 1. The Morgan fingerprint density at radius 1 is 0.550 bits per heavy atom. The van der Waals surface area contributed by atoms with Gasteiger partial charge in [-0.1, -0.05) is 91.8 Å². The van der Waals surface area contributed by atoms with E-state index in [2.05, 4.69) is 62.3 Å². The first-order valence-corrected chi connectivity index (χ1v) is 32.1. The molecule has 2 aromatic heterocycles. The number of carbonyl (C=O) groups excluding carboxylic acids is 5. The minimum Gasteiger partial charge on any atom is -1.00 e. The van der Waals surface area contributed by atoms with E-state index in [-0.39, 0.29) is 207 Å². The van der Waals surface area contributed by atoms with Crippen molar-refractivity contribution < 1.29 is 185 Å². The Bertz CT molecular complexity index is 4090. The maximum atomic E-state index is 15.4. The second-order valence-electron chi connectivity index (χ2n) is 24.5. The van der Waals surface area contributed by atoms with Crippen LogP contribution in [0.15, 0.2) is 122 Å². The fourth-order valence-electron chi connectivity index (χ4n) is 11.9. The molecule has 0 bridgehead atoms. The molecule has 6 aromatic carbocycles. The van der Waals surface area contributed by atoms with Crippen LogP contribution in [0, 0.1) is 44.9 Å². The number of ketones is 4. The molecule has 0 saturated heterocycles. The number of hydrogen-bond donors (Lipinski definition) is 1. The molecule has 0 aliphatic heterocycles. The van der Waals surface area contributed by atoms with Gasteiger partial charge in [0.2, 0.25) is 11.8 Å². The summed E-state index contributed by atoms with van der Waals surface area (Å²) >= 11 is 5.51. The van der Waals surface area contributed by atoms with Crippen molar-refractivity contribution in [2.45, 2.75) is 93.9 Å². The summed E-state index contributed by atoms with van der Waals surface area (Å²) in [5.74, 6) is -1.34. The Morgan fingerprint density at radius 3 is 1.25 bits per heavy atom. The summed E-state index contributed by atoms with van der Waals surface area (Å²) in [6.45, 7) is 22.1. The van der Waals surface area contributed by atoms with E-state index >= 15 is 8.78 Å². The molecule has 1 unspecified atom stereocenters. The molecule has 2 aliphatic rings. The normalized spacial score (nSPS) is 15.6. The van der Waals surface area contributed by atoms with E-state index in [0.717, 1.165) is 45.1 Å². The van der Waals surface area contributed by atoms with Crippen LogP contribution in [0.1, 0.15) is 91.9 Å². The average molecular weight is 1480 g/mol. The van der Waals surface area contributed by atoms with Gasteiger partial charge in [-0.15, -0.1) is 24.0 Å². The maximum Gasteiger partial charge on any atom is 1.00 e. The van der Waals surface area contributed by atoms with Gasteiger partial charge in [-0.2, -0.15) is 0 Å². The van der Waals surface area contributed by atoms with Gasteiger partial charge in [0.15, 0.2) is 69.3 Å². The summed E-state index contributed by atoms with van der Waals surface area (Å²) in [5, 5.41) is 19.3. The topological polar surface area (TPSA) is 242 Å². The zero-order valence-electron chi connectivity index (χ0n) is 59.4. The van der Waals surface area contributed by atoms with Gasteiger partial charge >= 0.3 is 103 Å². The Morgan fingerprint density at radius 2 is 0.910 bits per heavy atom. The standard InChI is InChI=1S/C36H39F2N3O5.C30H26F2N2O5.C6H14ClN.CH2O3.ClH.2K.H/c1-6-41(7-2)14-15-45-31-20-28-26(19-30(31)44-5)34(40-22-39-28)46-29-13-10-24(16-27(29)38)18-33(43)36(21-35(36,3)4)32(42)17-23-8-11-25(37)12-9-23;1-29(2)15-30(29,26(36)11-17-4-7-19(31)8-5-17)27(37)12-18-6-9-24(21(32)10-18)39-28-20-13-25(38-3)23(35)14-22(20)33-16-34-28;1-3-8(4-2)6-5-7;2-1-4-3;;;;/h8-13,16,19-20,22H,6-7,14-15,17-18,21H2,1-5H3;4-10,13-14,16,35H,11-12,15H2,1-3H3;3-6H2,1-2H3;1,3H;1H;;;/q;;;;;2*+1;-1/p-1/t36-;;;;;;;/m1......./s1. The molecule has 10 rings (SSSR count). The minimum absolute atomic E-state index is 0. The van der Waals surface area contributed by atoms with E-state index in [1.54, 1.807) is 36.4 Å². The van der Waals surface area contributed by atoms with Gasteiger partial charge in [0.1, 0.15) is 30.9 Å². The Balaban J connectivity index is 0.000000440. The van der Waals surface area contributed by atoms with Crippen molar-refractivity contribution in [3.05, 3.63) is 167 Å². The van der Waals surface area contributed by atoms with Crippen molar-refractivity contribution in [1.82, 2.24) is 29.7 Å². The second kappa shape index (κ2) is 39.9. The fourth-order valence-corrected chi connectivity index (χ4v) is 12.1. The zero-order valence-corrected chi connectivity index (χ0v) is 66.2. The minimum atomic E-state index is -1.17. The van der Waals surface area contributed by atoms with Crippen LogP contribution in [0.2, 0.25) is 0 Å². The van der Waals surface area contributed by atoms with Crippen LogP contribution < -0.4 is 132 Å². The summed E-state index contributed by atoms with van der Waals surface area (Å²) in [6, 6.07) is 26.1. The van der Waals surface area contributed by atoms with Gasteiger partial charge in [-0.25, -0.2) is 37.5 Å². The van der Waals surface area contributed by atoms with Gasteiger partial charge in [-0.05, 0) is 133 Å². The molecule has 526 valence electrons. The van der Waals surface area contributed by atoms with E-state index in [0.29, 0.717) is 75.0 Å². The van der Waals surface area contributed by atoms with Crippen LogP contribution in [0.4, 0.5) is 17.6 Å². The number of likely N-dealkylation sites (N-methyl/N-ethyl adjacent to an activating group) is 1. The van der Waals surface area contributed by atoms with Crippen molar-refractivity contribution in [2.24, 2.45) is 21.7 Å². The molecule has 2 fully saturated rings. The average Bonchev–Trinajstić information content (AvgIpc) is 1.55. The molecule has 2 saturated carbocycles. The van der Waals surface area contributed by atoms with E-state index < -0.39 is 44.9 Å². The molecule has 19 nitrogen and oxygen atoms in total. The number of fused-ring (bicyclic) bond motifs is 2. The third-order valence-corrected chi connectivity index (χ3v) is 17.9. The van der Waals surface area contributed by atoms with Crippen LogP contribution in [-0.4, -0.2) is 130 Å². The smallest absolute Gasteiger partial charge is 1.00 e. The number of aromatic nitrogens is 4. The van der Waals surface area contributed by atoms with Crippen molar-refractivity contribution in [3.8, 4) is 46.3 Å². The molecule has 0 radical (unpaired) electrons. The molecule has 2 aliphatic carbocycles. The Hall–Kier alpha value is -5.60. The largest absolute Gasteiger partial charge is 1.00 e. The molecule has 8 aromatic rings. The number of rotatable bonds is 29. The SMILES string of the molecule is CCN(CC)CCCl.CCN(CC)CCOc1cc2ncnc(Oc3ccc(CC(=O)[C@]4(C(=O)Cc5ccc(F)cc5)CC4(C)C)cc3F)c2cc1OC.COc1cc2c(Oc3ccc(CC(=O)C4(C(=O)Cc5ccc(F)cc5)CC4(C)C)cc3F)ncnc2cc1O.Cl.O=CO[O-].[H-].[K+].[K+]. The van der Waals surface area contributed by atoms with E-state index in [1.165, 1.54) is 99.7 Å². The molecule has 100 heavy (non-hydrogen) atoms. The van der Waals surface area contributed by atoms with Crippen molar-refractivity contribution in [3.63, 3.8) is 0 Å². The number of halogens is 6. The maximum absolute atomic E-state index is 15.4. The van der Waals surface area contributed by atoms with E-state index in [4.69, 9.17) is 45.3 Å². The zero-order chi connectivity index (χ0) is 70.8. The van der Waals surface area contributed by atoms with Gasteiger partial charge in [0, 0.05) is 56.8 Å². The van der Waals surface area contributed by atoms with Crippen LogP contribution >= 0.6 is 24.0 Å². The first-order valence-electron chi connectivity index (χ1n) is 31.6. The number of methoxy groups -OCH3 is 2. The first kappa shape index (κ1) is 86.8. The number of carbonyl (C=O) groups is 5. The molecule has 0 spiro atoms. The number of benzene rings is 6. The number of ether oxygens (including phenoxy) is 5. The summed E-state index contributed by atoms with van der Waals surface area (Å²) in [7, 11) is 2.93. The summed E-state index contributed by atoms with van der Waals surface area (Å²) in [4.78, 5) is 86.2. The number of aromatic hydroxyl groups is 1. The van der Waals surface area contributed by atoms with Gasteiger partial charge in [0.25, 0.3) is 6.47 Å². The van der Waals surface area contributed by atoms with E-state index in [1.807, 2.05) is 27.7 Å². The first-order chi connectivity index (χ1) is 46.3. The number of Topliss-reactive ketones (excluding diaryl/α,β-unsaturated/α-hetero) is 4. The van der Waals surface area contributed by atoms with Crippen molar-refractivity contribution >= 4 is 75.4 Å². The molecule has 0 amide bonds. The predicted molar refractivity (Wildman–Crippen MR) is 363 cm³/mol. The van der Waals surface area contributed by atoms with Crippen LogP contribution in [-0.2, 0) is 54.5 Å². The number of alkyl halides is 1. The third-order valence-electron chi connectivity index (χ3n) is 17.7. The monoisotopic (exact) mass is 1470 g/mol. The van der Waals surface area contributed by atoms with Gasteiger partial charge in [0.05, 0.1) is 46.9 Å². The quantitative estimate of drug-likeness (QED) is 0.00937. The molecule has 2 heterocycles. The Kier molecular flexibility index (Phi) is 34.6. The number of nitrogens with zero attached hydrogens (tertiary/aromatic N) is 6. The molecule has 27 heteroatoms. The second-order valence-corrected chi connectivity index (χ2v) is 24.9. The number of hydrogen-bond acceptors (Lipinski definition) is 19. The summed E-state index contributed by atoms with van der Waals surface area (Å²) in [5.41, 5.74) is -0.361. The molecule has 2 atom stereocenters. The fraction of sp³-hybridized carbons (Fsp3) is 0.384.